The van der Waals surface area contributed by atoms with Gasteiger partial charge in [0.1, 0.15) is 0 Å². The van der Waals surface area contributed by atoms with Crippen molar-refractivity contribution >= 4 is 38.8 Å². The smallest absolute Gasteiger partial charge is 0.261 e. The molecule has 7 nitrogen and oxygen atoms in total. The van der Waals surface area contributed by atoms with Crippen molar-refractivity contribution in [2.75, 3.05) is 10.0 Å². The van der Waals surface area contributed by atoms with Crippen molar-refractivity contribution < 1.29 is 13.2 Å². The van der Waals surface area contributed by atoms with E-state index in [2.05, 4.69) is 20.2 Å². The van der Waals surface area contributed by atoms with Crippen LogP contribution in [-0.2, 0) is 10.0 Å². The zero-order valence-electron chi connectivity index (χ0n) is 15.9. The number of amides is 1. The zero-order valence-corrected chi connectivity index (χ0v) is 17.5. The summed E-state index contributed by atoms with van der Waals surface area (Å²) in [6.07, 6.45) is 0. The number of carbonyl (C=O) groups is 1. The highest BCUT2D eigenvalue weighted by molar-refractivity contribution is 7.92. The Hall–Kier alpha value is -3.43. The van der Waals surface area contributed by atoms with E-state index in [9.17, 15) is 13.2 Å². The van der Waals surface area contributed by atoms with E-state index >= 15 is 0 Å². The zero-order chi connectivity index (χ0) is 21.1. The number of aryl methyl sites for hydroxylation is 1. The van der Waals surface area contributed by atoms with Gasteiger partial charge in [-0.2, -0.15) is 5.10 Å². The molecule has 9 heteroatoms. The number of aromatic nitrogens is 2. The van der Waals surface area contributed by atoms with Gasteiger partial charge in [-0.25, -0.2) is 8.42 Å². The average molecular weight is 439 g/mol. The molecule has 2 heterocycles. The molecule has 0 radical (unpaired) electrons. The molecule has 0 fully saturated rings. The largest absolute Gasteiger partial charge is 0.305 e. The van der Waals surface area contributed by atoms with Crippen molar-refractivity contribution in [1.82, 2.24) is 10.2 Å². The first-order valence-corrected chi connectivity index (χ1v) is 11.4. The van der Waals surface area contributed by atoms with Gasteiger partial charge >= 0.3 is 0 Å². The van der Waals surface area contributed by atoms with Crippen LogP contribution in [0.3, 0.4) is 0 Å². The molecule has 0 unspecified atom stereocenters. The number of hydrogen-bond acceptors (Lipinski definition) is 5. The molecule has 0 saturated carbocycles. The second-order valence-electron chi connectivity index (χ2n) is 6.60. The number of rotatable bonds is 6. The van der Waals surface area contributed by atoms with Gasteiger partial charge in [-0.05, 0) is 48.7 Å². The van der Waals surface area contributed by atoms with E-state index in [1.165, 1.54) is 18.2 Å². The number of nitrogens with zero attached hydrogens (tertiary/aromatic N) is 1. The number of nitrogens with one attached hydrogen (secondary N) is 3. The summed E-state index contributed by atoms with van der Waals surface area (Å²) in [6.45, 7) is 1.92. The third-order valence-electron chi connectivity index (χ3n) is 4.32. The minimum atomic E-state index is -3.83. The Balaban J connectivity index is 1.51. The molecule has 2 aromatic heterocycles. The van der Waals surface area contributed by atoms with Gasteiger partial charge in [-0.3, -0.25) is 14.6 Å². The summed E-state index contributed by atoms with van der Waals surface area (Å²) in [7, 11) is -3.83. The van der Waals surface area contributed by atoms with E-state index in [1.54, 1.807) is 35.6 Å². The van der Waals surface area contributed by atoms with Gasteiger partial charge in [0.15, 0.2) is 5.82 Å². The Morgan fingerprint density at radius 3 is 2.57 bits per heavy atom. The molecule has 2 aromatic carbocycles. The Bertz CT molecular complexity index is 1280. The highest BCUT2D eigenvalue weighted by atomic mass is 32.2. The van der Waals surface area contributed by atoms with Crippen LogP contribution in [0.4, 0.5) is 11.5 Å². The lowest BCUT2D eigenvalue weighted by atomic mass is 10.2. The molecule has 0 aliphatic carbocycles. The van der Waals surface area contributed by atoms with Crippen LogP contribution in [0.1, 0.15) is 15.9 Å². The van der Waals surface area contributed by atoms with E-state index in [1.807, 2.05) is 36.6 Å². The summed E-state index contributed by atoms with van der Waals surface area (Å²) in [5.41, 5.74) is 2.48. The summed E-state index contributed by atoms with van der Waals surface area (Å²) in [5.74, 6) is -0.0962. The van der Waals surface area contributed by atoms with Crippen molar-refractivity contribution in [2.24, 2.45) is 0 Å². The summed E-state index contributed by atoms with van der Waals surface area (Å²) in [5, 5.41) is 11.6. The Morgan fingerprint density at radius 2 is 1.83 bits per heavy atom. The number of aromatic amines is 1. The van der Waals surface area contributed by atoms with Crippen LogP contribution in [0.15, 0.2) is 77.0 Å². The Labute approximate surface area is 177 Å². The summed E-state index contributed by atoms with van der Waals surface area (Å²) in [4.78, 5) is 13.6. The predicted octanol–water partition coefficient (Wildman–Crippen LogP) is 4.50. The van der Waals surface area contributed by atoms with E-state index in [4.69, 9.17) is 0 Å². The summed E-state index contributed by atoms with van der Waals surface area (Å²) < 4.78 is 27.9. The second-order valence-corrected chi connectivity index (χ2v) is 9.23. The molecule has 0 aliphatic heterocycles. The molecule has 0 aliphatic rings. The quantitative estimate of drug-likeness (QED) is 0.412. The number of H-pyrrole nitrogens is 1. The van der Waals surface area contributed by atoms with E-state index < -0.39 is 15.9 Å². The lowest BCUT2D eigenvalue weighted by molar-refractivity contribution is 0.102. The van der Waals surface area contributed by atoms with E-state index in [0.717, 1.165) is 16.1 Å². The van der Waals surface area contributed by atoms with Crippen LogP contribution in [0.5, 0.6) is 0 Å². The molecular formula is C21H18N4O3S2. The second kappa shape index (κ2) is 8.13. The number of hydrogen-bond donors (Lipinski definition) is 3. The maximum Gasteiger partial charge on any atom is 0.261 e. The van der Waals surface area contributed by atoms with Crippen molar-refractivity contribution in [2.45, 2.75) is 11.8 Å². The molecule has 3 N–H and O–H groups in total. The number of thiophene rings is 1. The van der Waals surface area contributed by atoms with Gasteiger partial charge in [-0.15, -0.1) is 11.3 Å². The van der Waals surface area contributed by atoms with Crippen LogP contribution in [0.2, 0.25) is 0 Å². The molecule has 152 valence electrons. The average Bonchev–Trinajstić information content (AvgIpc) is 3.41. The van der Waals surface area contributed by atoms with Gasteiger partial charge < -0.3 is 5.32 Å². The molecular weight excluding hydrogens is 420 g/mol. The minimum Gasteiger partial charge on any atom is -0.305 e. The van der Waals surface area contributed by atoms with Crippen LogP contribution in [0, 0.1) is 6.92 Å². The van der Waals surface area contributed by atoms with Gasteiger partial charge in [-0.1, -0.05) is 29.8 Å². The van der Waals surface area contributed by atoms with Crippen LogP contribution >= 0.6 is 11.3 Å². The molecule has 4 aromatic rings. The first-order valence-electron chi connectivity index (χ1n) is 9.01. The Morgan fingerprint density at radius 1 is 1.03 bits per heavy atom. The first-order chi connectivity index (χ1) is 14.4. The predicted molar refractivity (Wildman–Crippen MR) is 118 cm³/mol. The lowest BCUT2D eigenvalue weighted by Crippen LogP contribution is -2.16. The number of sulfonamides is 1. The maximum atomic E-state index is 12.7. The Kier molecular flexibility index (Phi) is 5.39. The van der Waals surface area contributed by atoms with Crippen molar-refractivity contribution in [3.63, 3.8) is 0 Å². The fraction of sp³-hybridized carbons (Fsp3) is 0.0476. The monoisotopic (exact) mass is 438 g/mol. The maximum absolute atomic E-state index is 12.7. The van der Waals surface area contributed by atoms with E-state index in [-0.39, 0.29) is 10.5 Å². The van der Waals surface area contributed by atoms with Crippen molar-refractivity contribution in [1.29, 1.82) is 0 Å². The van der Waals surface area contributed by atoms with E-state index in [0.29, 0.717) is 11.5 Å². The molecule has 0 atom stereocenters. The highest BCUT2D eigenvalue weighted by Gasteiger charge is 2.17. The fourth-order valence-corrected chi connectivity index (χ4v) is 4.57. The minimum absolute atomic E-state index is 0.00275. The van der Waals surface area contributed by atoms with Gasteiger partial charge in [0, 0.05) is 17.3 Å². The van der Waals surface area contributed by atoms with Crippen LogP contribution in [0.25, 0.3) is 10.6 Å². The van der Waals surface area contributed by atoms with Crippen molar-refractivity contribution in [3.8, 4) is 10.6 Å². The van der Waals surface area contributed by atoms with Gasteiger partial charge in [0.25, 0.3) is 15.9 Å². The van der Waals surface area contributed by atoms with Crippen molar-refractivity contribution in [3.05, 3.63) is 83.2 Å². The molecule has 0 spiro atoms. The highest BCUT2D eigenvalue weighted by Crippen LogP contribution is 2.25. The molecule has 0 saturated heterocycles. The normalized spacial score (nSPS) is 11.2. The fourth-order valence-electron chi connectivity index (χ4n) is 2.77. The third-order valence-corrected chi connectivity index (χ3v) is 6.60. The number of benzene rings is 2. The molecule has 1 amide bonds. The standard InChI is InChI=1S/C21H18N4O3S2/c1-14-7-9-16(10-8-14)25-30(27,28)17-5-2-4-15(12-17)21(26)22-20-13-18(23-24-20)19-6-3-11-29-19/h2-13,25H,1H3,(H2,22,23,24,26). The number of anilines is 2. The van der Waals surface area contributed by atoms with Crippen LogP contribution in [-0.4, -0.2) is 24.5 Å². The van der Waals surface area contributed by atoms with Crippen LogP contribution < -0.4 is 10.0 Å². The molecule has 4 rings (SSSR count). The molecule has 30 heavy (non-hydrogen) atoms. The first kappa shape index (κ1) is 19.9. The third kappa shape index (κ3) is 4.42. The van der Waals surface area contributed by atoms with Gasteiger partial charge in [0.2, 0.25) is 0 Å². The SMILES string of the molecule is Cc1ccc(NS(=O)(=O)c2cccc(C(=O)Nc3cc(-c4cccs4)[nH]n3)c2)cc1. The summed E-state index contributed by atoms with van der Waals surface area (Å²) >= 11 is 1.55. The molecule has 0 bridgehead atoms. The van der Waals surface area contributed by atoms with Gasteiger partial charge in [0.05, 0.1) is 15.5 Å². The summed E-state index contributed by atoms with van der Waals surface area (Å²) in [6, 6.07) is 18.4. The lowest BCUT2D eigenvalue weighted by Gasteiger charge is -2.09. The topological polar surface area (TPSA) is 104 Å². The number of carbonyl (C=O) groups excluding carboxylic acids is 1.